The summed E-state index contributed by atoms with van der Waals surface area (Å²) < 4.78 is 10.7. The first-order chi connectivity index (χ1) is 10.7. The fourth-order valence-corrected chi connectivity index (χ4v) is 2.56. The largest absolute Gasteiger partial charge is 0.497 e. The molecular weight excluding hydrogens is 280 g/mol. The van der Waals surface area contributed by atoms with Crippen LogP contribution >= 0.6 is 0 Å². The first-order valence-electron chi connectivity index (χ1n) is 8.00. The van der Waals surface area contributed by atoms with Crippen molar-refractivity contribution in [1.82, 2.24) is 9.80 Å². The van der Waals surface area contributed by atoms with Gasteiger partial charge in [0.2, 0.25) is 5.91 Å². The van der Waals surface area contributed by atoms with Crippen molar-refractivity contribution in [1.29, 1.82) is 0 Å². The first-order valence-corrected chi connectivity index (χ1v) is 8.00. The van der Waals surface area contributed by atoms with Crippen LogP contribution in [-0.4, -0.2) is 62.1 Å². The lowest BCUT2D eigenvalue weighted by atomic mass is 10.2. The average Bonchev–Trinajstić information content (AvgIpc) is 2.59. The predicted molar refractivity (Wildman–Crippen MR) is 86.4 cm³/mol. The quantitative estimate of drug-likeness (QED) is 0.723. The molecule has 2 rings (SSSR count). The highest BCUT2D eigenvalue weighted by Crippen LogP contribution is 2.17. The van der Waals surface area contributed by atoms with Crippen LogP contribution in [0.5, 0.6) is 11.5 Å². The number of benzene rings is 1. The number of ether oxygens (including phenoxy) is 2. The summed E-state index contributed by atoms with van der Waals surface area (Å²) in [5.41, 5.74) is 0. The molecule has 1 amide bonds. The minimum Gasteiger partial charge on any atom is -0.497 e. The second-order valence-corrected chi connectivity index (χ2v) is 5.44. The molecule has 1 aliphatic rings. The fraction of sp³-hybridized carbons (Fsp3) is 0.588. The summed E-state index contributed by atoms with van der Waals surface area (Å²) in [5.74, 6) is 1.87. The van der Waals surface area contributed by atoms with E-state index in [4.69, 9.17) is 9.47 Å². The molecule has 1 heterocycles. The Morgan fingerprint density at radius 2 is 1.73 bits per heavy atom. The molecule has 1 aromatic carbocycles. The van der Waals surface area contributed by atoms with E-state index < -0.39 is 0 Å². The number of piperazine rings is 1. The van der Waals surface area contributed by atoms with E-state index in [1.165, 1.54) is 0 Å². The van der Waals surface area contributed by atoms with Crippen molar-refractivity contribution < 1.29 is 14.3 Å². The van der Waals surface area contributed by atoms with Crippen molar-refractivity contribution >= 4 is 5.91 Å². The van der Waals surface area contributed by atoms with E-state index in [1.807, 2.05) is 29.2 Å². The Kier molecular flexibility index (Phi) is 6.52. The van der Waals surface area contributed by atoms with Gasteiger partial charge in [0.1, 0.15) is 11.5 Å². The van der Waals surface area contributed by atoms with Crippen LogP contribution in [0.2, 0.25) is 0 Å². The molecule has 0 N–H and O–H groups in total. The topological polar surface area (TPSA) is 42.0 Å². The third-order valence-electron chi connectivity index (χ3n) is 4.04. The van der Waals surface area contributed by atoms with Crippen molar-refractivity contribution in [3.63, 3.8) is 0 Å². The predicted octanol–water partition coefficient (Wildman–Crippen LogP) is 2.02. The summed E-state index contributed by atoms with van der Waals surface area (Å²) in [7, 11) is 1.64. The molecule has 1 aliphatic heterocycles. The number of nitrogens with zero attached hydrogens (tertiary/aromatic N) is 2. The van der Waals surface area contributed by atoms with Gasteiger partial charge in [-0.25, -0.2) is 0 Å². The molecular formula is C17H26N2O3. The van der Waals surface area contributed by atoms with Gasteiger partial charge in [0.25, 0.3) is 0 Å². The molecule has 1 aromatic rings. The molecule has 1 fully saturated rings. The van der Waals surface area contributed by atoms with Gasteiger partial charge in [-0.3, -0.25) is 4.79 Å². The SMILES string of the molecule is CCN1CCN(C(=O)CCCOc2ccc(OC)cc2)CC1. The molecule has 0 saturated carbocycles. The second-order valence-electron chi connectivity index (χ2n) is 5.44. The van der Waals surface area contributed by atoms with Crippen molar-refractivity contribution in [3.8, 4) is 11.5 Å². The highest BCUT2D eigenvalue weighted by atomic mass is 16.5. The van der Waals surface area contributed by atoms with Gasteiger partial charge in [-0.15, -0.1) is 0 Å². The number of methoxy groups -OCH3 is 1. The summed E-state index contributed by atoms with van der Waals surface area (Å²) in [6.45, 7) is 7.48. The Morgan fingerprint density at radius 1 is 1.09 bits per heavy atom. The van der Waals surface area contributed by atoms with Crippen molar-refractivity contribution in [2.75, 3.05) is 46.4 Å². The molecule has 0 bridgehead atoms. The highest BCUT2D eigenvalue weighted by molar-refractivity contribution is 5.76. The van der Waals surface area contributed by atoms with Crippen molar-refractivity contribution in [2.45, 2.75) is 19.8 Å². The van der Waals surface area contributed by atoms with Crippen LogP contribution in [0.25, 0.3) is 0 Å². The van der Waals surface area contributed by atoms with Gasteiger partial charge in [-0.1, -0.05) is 6.92 Å². The van der Waals surface area contributed by atoms with Gasteiger partial charge in [0, 0.05) is 32.6 Å². The van der Waals surface area contributed by atoms with Gasteiger partial charge in [0.05, 0.1) is 13.7 Å². The summed E-state index contributed by atoms with van der Waals surface area (Å²) in [4.78, 5) is 16.5. The maximum atomic E-state index is 12.1. The zero-order chi connectivity index (χ0) is 15.8. The van der Waals surface area contributed by atoms with Crippen LogP contribution < -0.4 is 9.47 Å². The van der Waals surface area contributed by atoms with Crippen LogP contribution in [0.3, 0.4) is 0 Å². The van der Waals surface area contributed by atoms with E-state index in [0.717, 1.165) is 50.6 Å². The van der Waals surface area contributed by atoms with Gasteiger partial charge >= 0.3 is 0 Å². The Balaban J connectivity index is 1.62. The maximum absolute atomic E-state index is 12.1. The smallest absolute Gasteiger partial charge is 0.222 e. The van der Waals surface area contributed by atoms with Crippen LogP contribution in [0, 0.1) is 0 Å². The lowest BCUT2D eigenvalue weighted by molar-refractivity contribution is -0.133. The van der Waals surface area contributed by atoms with Gasteiger partial charge in [-0.2, -0.15) is 0 Å². The molecule has 0 spiro atoms. The molecule has 0 radical (unpaired) electrons. The lowest BCUT2D eigenvalue weighted by Crippen LogP contribution is -2.48. The molecule has 0 aromatic heterocycles. The van der Waals surface area contributed by atoms with Crippen LogP contribution in [0.1, 0.15) is 19.8 Å². The second kappa shape index (κ2) is 8.63. The molecule has 5 nitrogen and oxygen atoms in total. The summed E-state index contributed by atoms with van der Waals surface area (Å²) >= 11 is 0. The third-order valence-corrected chi connectivity index (χ3v) is 4.04. The number of amides is 1. The monoisotopic (exact) mass is 306 g/mol. The summed E-state index contributed by atoms with van der Waals surface area (Å²) in [6, 6.07) is 7.50. The van der Waals surface area contributed by atoms with E-state index in [9.17, 15) is 4.79 Å². The number of carbonyl (C=O) groups is 1. The number of rotatable bonds is 7. The minimum absolute atomic E-state index is 0.245. The Hall–Kier alpha value is -1.75. The zero-order valence-corrected chi connectivity index (χ0v) is 13.6. The number of hydrogen-bond donors (Lipinski definition) is 0. The van der Waals surface area contributed by atoms with Crippen LogP contribution in [0.4, 0.5) is 0 Å². The molecule has 22 heavy (non-hydrogen) atoms. The maximum Gasteiger partial charge on any atom is 0.222 e. The minimum atomic E-state index is 0.245. The molecule has 0 unspecified atom stereocenters. The highest BCUT2D eigenvalue weighted by Gasteiger charge is 2.19. The number of carbonyl (C=O) groups excluding carboxylic acids is 1. The zero-order valence-electron chi connectivity index (χ0n) is 13.6. The summed E-state index contributed by atoms with van der Waals surface area (Å²) in [6.07, 6.45) is 1.31. The van der Waals surface area contributed by atoms with Crippen molar-refractivity contribution in [3.05, 3.63) is 24.3 Å². The van der Waals surface area contributed by atoms with Crippen LogP contribution in [0.15, 0.2) is 24.3 Å². The average molecular weight is 306 g/mol. The fourth-order valence-electron chi connectivity index (χ4n) is 2.56. The van der Waals surface area contributed by atoms with Crippen molar-refractivity contribution in [2.24, 2.45) is 0 Å². The van der Waals surface area contributed by atoms with E-state index in [-0.39, 0.29) is 5.91 Å². The Labute approximate surface area is 132 Å². The van der Waals surface area contributed by atoms with E-state index >= 15 is 0 Å². The summed E-state index contributed by atoms with van der Waals surface area (Å²) in [5, 5.41) is 0. The van der Waals surface area contributed by atoms with Crippen LogP contribution in [-0.2, 0) is 4.79 Å². The van der Waals surface area contributed by atoms with E-state index in [2.05, 4.69) is 11.8 Å². The molecule has 122 valence electrons. The van der Waals surface area contributed by atoms with Gasteiger partial charge in [0.15, 0.2) is 0 Å². The van der Waals surface area contributed by atoms with Gasteiger partial charge < -0.3 is 19.3 Å². The molecule has 0 atom stereocenters. The third kappa shape index (κ3) is 4.91. The van der Waals surface area contributed by atoms with E-state index in [1.54, 1.807) is 7.11 Å². The lowest BCUT2D eigenvalue weighted by Gasteiger charge is -2.34. The molecule has 0 aliphatic carbocycles. The number of likely N-dealkylation sites (N-methyl/N-ethyl adjacent to an activating group) is 1. The Morgan fingerprint density at radius 3 is 2.32 bits per heavy atom. The first kappa shape index (κ1) is 16.6. The molecule has 1 saturated heterocycles. The number of hydrogen-bond acceptors (Lipinski definition) is 4. The Bertz CT molecular complexity index is 453. The molecule has 5 heteroatoms. The standard InChI is InChI=1S/C17H26N2O3/c1-3-18-10-12-19(13-11-18)17(20)5-4-14-22-16-8-6-15(21-2)7-9-16/h6-9H,3-5,10-14H2,1-2H3. The van der Waals surface area contributed by atoms with E-state index in [0.29, 0.717) is 13.0 Å². The van der Waals surface area contributed by atoms with Gasteiger partial charge in [-0.05, 0) is 37.2 Å². The normalized spacial score (nSPS) is 15.6.